The zero-order valence-electron chi connectivity index (χ0n) is 19.0. The van der Waals surface area contributed by atoms with E-state index >= 15 is 0 Å². The van der Waals surface area contributed by atoms with Crippen molar-refractivity contribution in [1.82, 2.24) is 14.5 Å². The van der Waals surface area contributed by atoms with Gasteiger partial charge in [0.15, 0.2) is 5.16 Å². The Labute approximate surface area is 206 Å². The van der Waals surface area contributed by atoms with E-state index in [9.17, 15) is 14.0 Å². The van der Waals surface area contributed by atoms with Gasteiger partial charge in [-0.2, -0.15) is 0 Å². The number of hydrogen-bond acceptors (Lipinski definition) is 5. The molecule has 0 saturated carbocycles. The van der Waals surface area contributed by atoms with E-state index in [1.54, 1.807) is 39.8 Å². The van der Waals surface area contributed by atoms with Crippen molar-refractivity contribution in [2.75, 3.05) is 26.3 Å². The number of fused-ring (bicyclic) bond motifs is 1. The number of carbonyl (C=O) groups is 1. The molecule has 1 saturated heterocycles. The summed E-state index contributed by atoms with van der Waals surface area (Å²) in [4.78, 5) is 33.8. The van der Waals surface area contributed by atoms with Crippen LogP contribution in [0.3, 0.4) is 0 Å². The number of morpholine rings is 1. The average Bonchev–Trinajstić information content (AvgIpc) is 2.91. The first-order chi connectivity index (χ1) is 17.1. The van der Waals surface area contributed by atoms with E-state index in [-0.39, 0.29) is 23.8 Å². The van der Waals surface area contributed by atoms with Gasteiger partial charge in [0.05, 0.1) is 30.7 Å². The summed E-state index contributed by atoms with van der Waals surface area (Å²) in [5.74, 6) is -0.382. The molecule has 0 N–H and O–H groups in total. The number of amides is 1. The maximum absolute atomic E-state index is 13.7. The molecule has 178 valence electrons. The summed E-state index contributed by atoms with van der Waals surface area (Å²) in [5.41, 5.74) is 1.97. The molecule has 1 aliphatic heterocycles. The average molecular weight is 490 g/mol. The van der Waals surface area contributed by atoms with Crippen molar-refractivity contribution in [2.24, 2.45) is 0 Å². The van der Waals surface area contributed by atoms with Crippen LogP contribution in [0.2, 0.25) is 0 Å². The fraction of sp³-hybridized carbons (Fsp3) is 0.222. The van der Waals surface area contributed by atoms with E-state index in [4.69, 9.17) is 9.72 Å². The minimum atomic E-state index is -0.582. The van der Waals surface area contributed by atoms with Crippen molar-refractivity contribution in [2.45, 2.75) is 17.0 Å². The van der Waals surface area contributed by atoms with E-state index in [0.29, 0.717) is 42.4 Å². The summed E-state index contributed by atoms with van der Waals surface area (Å²) in [7, 11) is 0. The summed E-state index contributed by atoms with van der Waals surface area (Å²) in [6, 6.07) is 22.8. The number of ether oxygens (including phenoxy) is 1. The Morgan fingerprint density at radius 2 is 1.66 bits per heavy atom. The van der Waals surface area contributed by atoms with Gasteiger partial charge in [-0.3, -0.25) is 14.2 Å². The fourth-order valence-corrected chi connectivity index (χ4v) is 5.27. The molecule has 1 atom stereocenters. The first-order valence-corrected chi connectivity index (χ1v) is 12.3. The maximum Gasteiger partial charge on any atom is 0.262 e. The molecular formula is C27H24FN3O3S. The molecule has 1 amide bonds. The van der Waals surface area contributed by atoms with Gasteiger partial charge in [0, 0.05) is 13.1 Å². The molecule has 1 aromatic heterocycles. The molecule has 4 aromatic rings. The number of nitrogens with zero attached hydrogens (tertiary/aromatic N) is 3. The van der Waals surface area contributed by atoms with Crippen LogP contribution >= 0.6 is 11.8 Å². The van der Waals surface area contributed by atoms with Gasteiger partial charge < -0.3 is 9.64 Å². The third-order valence-corrected chi connectivity index (χ3v) is 7.19. The molecule has 0 radical (unpaired) electrons. The first-order valence-electron chi connectivity index (χ1n) is 11.4. The Balaban J connectivity index is 1.59. The van der Waals surface area contributed by atoms with Crippen molar-refractivity contribution in [3.63, 3.8) is 0 Å². The number of benzene rings is 3. The van der Waals surface area contributed by atoms with E-state index in [2.05, 4.69) is 0 Å². The van der Waals surface area contributed by atoms with E-state index in [1.807, 2.05) is 36.4 Å². The topological polar surface area (TPSA) is 64.4 Å². The van der Waals surface area contributed by atoms with Crippen LogP contribution in [0.4, 0.5) is 4.39 Å². The molecule has 6 nitrogen and oxygen atoms in total. The normalized spacial score (nSPS) is 14.7. The lowest BCUT2D eigenvalue weighted by molar-refractivity contribution is -0.134. The van der Waals surface area contributed by atoms with Crippen LogP contribution in [0.25, 0.3) is 10.9 Å². The van der Waals surface area contributed by atoms with Crippen LogP contribution in [-0.4, -0.2) is 46.7 Å². The molecule has 3 aromatic carbocycles. The van der Waals surface area contributed by atoms with Crippen molar-refractivity contribution >= 4 is 28.6 Å². The molecule has 0 bridgehead atoms. The number of carbonyl (C=O) groups excluding carboxylic acids is 1. The second kappa shape index (κ2) is 10.4. The second-order valence-electron chi connectivity index (χ2n) is 8.28. The van der Waals surface area contributed by atoms with Crippen molar-refractivity contribution in [3.8, 4) is 0 Å². The van der Waals surface area contributed by atoms with Gasteiger partial charge in [0.1, 0.15) is 11.1 Å². The smallest absolute Gasteiger partial charge is 0.262 e. The lowest BCUT2D eigenvalue weighted by Crippen LogP contribution is -2.42. The largest absolute Gasteiger partial charge is 0.378 e. The molecule has 0 unspecified atom stereocenters. The van der Waals surface area contributed by atoms with Gasteiger partial charge in [-0.05, 0) is 35.4 Å². The third kappa shape index (κ3) is 5.13. The highest BCUT2D eigenvalue weighted by Crippen LogP contribution is 2.36. The van der Waals surface area contributed by atoms with Gasteiger partial charge in [-0.15, -0.1) is 0 Å². The summed E-state index contributed by atoms with van der Waals surface area (Å²) in [6.07, 6.45) is 0. The number of rotatable bonds is 6. The minimum Gasteiger partial charge on any atom is -0.378 e. The fourth-order valence-electron chi connectivity index (χ4n) is 4.09. The SMILES string of the molecule is O=C([C@@H](Sc1nc2ccccc2c(=O)n1Cc1ccc(F)cc1)c1ccccc1)N1CCOCC1. The van der Waals surface area contributed by atoms with Gasteiger partial charge in [-0.1, -0.05) is 66.4 Å². The predicted octanol–water partition coefficient (Wildman–Crippen LogP) is 4.28. The first kappa shape index (κ1) is 23.3. The van der Waals surface area contributed by atoms with Gasteiger partial charge in [-0.25, -0.2) is 9.37 Å². The van der Waals surface area contributed by atoms with Gasteiger partial charge in [0.25, 0.3) is 5.56 Å². The van der Waals surface area contributed by atoms with Crippen LogP contribution in [0, 0.1) is 5.82 Å². The zero-order chi connectivity index (χ0) is 24.2. The number of halogens is 1. The summed E-state index contributed by atoms with van der Waals surface area (Å²) in [5, 5.41) is 0.352. The Morgan fingerprint density at radius 1 is 0.971 bits per heavy atom. The minimum absolute atomic E-state index is 0.0414. The molecule has 0 aliphatic carbocycles. The summed E-state index contributed by atoms with van der Waals surface area (Å²) >= 11 is 1.27. The Kier molecular flexibility index (Phi) is 6.92. The molecule has 35 heavy (non-hydrogen) atoms. The number of aromatic nitrogens is 2. The summed E-state index contributed by atoms with van der Waals surface area (Å²) in [6.45, 7) is 2.27. The second-order valence-corrected chi connectivity index (χ2v) is 9.35. The molecule has 1 fully saturated rings. The monoisotopic (exact) mass is 489 g/mol. The van der Waals surface area contributed by atoms with E-state index in [1.165, 1.54) is 23.9 Å². The molecule has 8 heteroatoms. The maximum atomic E-state index is 13.7. The molecular weight excluding hydrogens is 465 g/mol. The van der Waals surface area contributed by atoms with Crippen molar-refractivity contribution < 1.29 is 13.9 Å². The Morgan fingerprint density at radius 3 is 2.40 bits per heavy atom. The van der Waals surface area contributed by atoms with Gasteiger partial charge in [0.2, 0.25) is 5.91 Å². The number of para-hydroxylation sites is 1. The van der Waals surface area contributed by atoms with Crippen LogP contribution in [0.15, 0.2) is 88.8 Å². The lowest BCUT2D eigenvalue weighted by Gasteiger charge is -2.30. The number of hydrogen-bond donors (Lipinski definition) is 0. The molecule has 2 heterocycles. The van der Waals surface area contributed by atoms with E-state index in [0.717, 1.165) is 11.1 Å². The van der Waals surface area contributed by atoms with Gasteiger partial charge >= 0.3 is 0 Å². The standard InChI is InChI=1S/C27H24FN3O3S/c28-21-12-10-19(11-13-21)18-31-25(32)22-8-4-5-9-23(22)29-27(31)35-24(20-6-2-1-3-7-20)26(33)30-14-16-34-17-15-30/h1-13,24H,14-18H2/t24-/m0/s1. The molecule has 5 rings (SSSR count). The van der Waals surface area contributed by atoms with E-state index < -0.39 is 5.25 Å². The van der Waals surface area contributed by atoms with Crippen LogP contribution in [0.1, 0.15) is 16.4 Å². The summed E-state index contributed by atoms with van der Waals surface area (Å²) < 4.78 is 20.5. The van der Waals surface area contributed by atoms with Crippen LogP contribution < -0.4 is 5.56 Å². The van der Waals surface area contributed by atoms with Crippen molar-refractivity contribution in [3.05, 3.63) is 106 Å². The Bertz CT molecular complexity index is 1390. The lowest BCUT2D eigenvalue weighted by atomic mass is 10.1. The van der Waals surface area contributed by atoms with Crippen LogP contribution in [-0.2, 0) is 16.1 Å². The molecule has 1 aliphatic rings. The third-order valence-electron chi connectivity index (χ3n) is 5.95. The highest BCUT2D eigenvalue weighted by molar-refractivity contribution is 8.00. The Hall–Kier alpha value is -3.49. The van der Waals surface area contributed by atoms with Crippen LogP contribution in [0.5, 0.6) is 0 Å². The predicted molar refractivity (Wildman–Crippen MR) is 134 cm³/mol. The molecule has 0 spiro atoms. The highest BCUT2D eigenvalue weighted by atomic mass is 32.2. The zero-order valence-corrected chi connectivity index (χ0v) is 19.8. The number of thioether (sulfide) groups is 1. The van der Waals surface area contributed by atoms with Crippen molar-refractivity contribution in [1.29, 1.82) is 0 Å². The quantitative estimate of drug-likeness (QED) is 0.299. The highest BCUT2D eigenvalue weighted by Gasteiger charge is 2.30.